The maximum atomic E-state index is 12.9. The summed E-state index contributed by atoms with van der Waals surface area (Å²) in [6.45, 7) is 0.699. The number of hydrogen-bond donors (Lipinski definition) is 1. The molecule has 1 atom stereocenters. The Labute approximate surface area is 130 Å². The quantitative estimate of drug-likeness (QED) is 0.927. The number of amides is 1. The molecule has 22 heavy (non-hydrogen) atoms. The van der Waals surface area contributed by atoms with Crippen molar-refractivity contribution in [3.8, 4) is 5.75 Å². The van der Waals surface area contributed by atoms with Crippen LogP contribution in [0, 0.1) is 0 Å². The van der Waals surface area contributed by atoms with Gasteiger partial charge in [0.25, 0.3) is 5.91 Å². The van der Waals surface area contributed by atoms with Gasteiger partial charge in [-0.15, -0.1) is 0 Å². The summed E-state index contributed by atoms with van der Waals surface area (Å²) in [6.07, 6.45) is 7.70. The summed E-state index contributed by atoms with van der Waals surface area (Å²) in [4.78, 5) is 18.8. The third-order valence-electron chi connectivity index (χ3n) is 4.33. The number of aromatic nitrogens is 2. The fourth-order valence-corrected chi connectivity index (χ4v) is 3.18. The molecule has 3 heterocycles. The van der Waals surface area contributed by atoms with Gasteiger partial charge in [0.15, 0.2) is 5.69 Å². The Morgan fingerprint density at radius 2 is 2.14 bits per heavy atom. The maximum absolute atomic E-state index is 12.9. The van der Waals surface area contributed by atoms with E-state index in [1.807, 2.05) is 24.2 Å². The van der Waals surface area contributed by atoms with Crippen LogP contribution in [-0.4, -0.2) is 32.0 Å². The lowest BCUT2D eigenvalue weighted by Gasteiger charge is -2.30. The van der Waals surface area contributed by atoms with Crippen molar-refractivity contribution >= 4 is 5.91 Å². The molecular weight excluding hydrogens is 278 g/mol. The van der Waals surface area contributed by atoms with Gasteiger partial charge in [-0.3, -0.25) is 4.79 Å². The number of carbonyl (C=O) groups is 1. The van der Waals surface area contributed by atoms with Gasteiger partial charge in [0.2, 0.25) is 0 Å². The average molecular weight is 299 g/mol. The number of likely N-dealkylation sites (tertiary alicyclic amines) is 1. The van der Waals surface area contributed by atoms with Gasteiger partial charge in [0.1, 0.15) is 5.75 Å². The van der Waals surface area contributed by atoms with Crippen molar-refractivity contribution in [2.75, 3.05) is 6.54 Å². The van der Waals surface area contributed by atoms with Gasteiger partial charge in [-0.1, -0.05) is 12.8 Å². The second-order valence-corrected chi connectivity index (χ2v) is 5.78. The van der Waals surface area contributed by atoms with Gasteiger partial charge < -0.3 is 14.6 Å². The minimum absolute atomic E-state index is 0.0383. The van der Waals surface area contributed by atoms with Crippen molar-refractivity contribution in [2.45, 2.75) is 31.7 Å². The van der Waals surface area contributed by atoms with Crippen molar-refractivity contribution in [2.24, 2.45) is 7.05 Å². The summed E-state index contributed by atoms with van der Waals surface area (Å²) >= 11 is 0. The standard InChI is InChI=1S/C17H21N3O2/c1-19-11-6-8-13(19)14-7-3-2-4-12-20(14)17(22)16-15(21)9-5-10-18-16/h5-6,8-11,14,21H,2-4,7,12H2,1H3/t14-/m0/s1. The van der Waals surface area contributed by atoms with E-state index in [2.05, 4.69) is 15.6 Å². The normalized spacial score (nSPS) is 19.0. The number of nitrogens with zero attached hydrogens (tertiary/aromatic N) is 3. The zero-order chi connectivity index (χ0) is 15.5. The Hall–Kier alpha value is -2.30. The highest BCUT2D eigenvalue weighted by molar-refractivity contribution is 5.95. The summed E-state index contributed by atoms with van der Waals surface area (Å²) in [5.74, 6) is -0.242. The Morgan fingerprint density at radius 1 is 1.27 bits per heavy atom. The molecule has 2 aromatic heterocycles. The zero-order valence-electron chi connectivity index (χ0n) is 12.8. The van der Waals surface area contributed by atoms with Crippen molar-refractivity contribution in [3.63, 3.8) is 0 Å². The zero-order valence-corrected chi connectivity index (χ0v) is 12.8. The Kier molecular flexibility index (Phi) is 4.13. The Morgan fingerprint density at radius 3 is 2.86 bits per heavy atom. The highest BCUT2D eigenvalue weighted by Crippen LogP contribution is 2.32. The molecular formula is C17H21N3O2. The number of carbonyl (C=O) groups excluding carboxylic acids is 1. The molecule has 0 unspecified atom stereocenters. The third kappa shape index (κ3) is 2.71. The second-order valence-electron chi connectivity index (χ2n) is 5.78. The van der Waals surface area contributed by atoms with Crippen LogP contribution in [0.25, 0.3) is 0 Å². The average Bonchev–Trinajstić information content (AvgIpc) is 2.80. The van der Waals surface area contributed by atoms with E-state index in [4.69, 9.17) is 0 Å². The predicted molar refractivity (Wildman–Crippen MR) is 83.6 cm³/mol. The van der Waals surface area contributed by atoms with Gasteiger partial charge in [-0.2, -0.15) is 0 Å². The van der Waals surface area contributed by atoms with Gasteiger partial charge in [-0.05, 0) is 37.1 Å². The molecule has 1 fully saturated rings. The minimum Gasteiger partial charge on any atom is -0.505 e. The Bertz CT molecular complexity index is 665. The van der Waals surface area contributed by atoms with E-state index in [9.17, 15) is 9.90 Å². The van der Waals surface area contributed by atoms with E-state index >= 15 is 0 Å². The SMILES string of the molecule is Cn1cccc1[C@@H]1CCCCCN1C(=O)c1ncccc1O. The lowest BCUT2D eigenvalue weighted by molar-refractivity contribution is 0.0665. The van der Waals surface area contributed by atoms with Crippen LogP contribution in [0.3, 0.4) is 0 Å². The van der Waals surface area contributed by atoms with Gasteiger partial charge in [0.05, 0.1) is 6.04 Å². The Balaban J connectivity index is 1.96. The maximum Gasteiger partial charge on any atom is 0.276 e. The predicted octanol–water partition coefficient (Wildman–Crippen LogP) is 2.88. The monoisotopic (exact) mass is 299 g/mol. The first-order valence-corrected chi connectivity index (χ1v) is 7.74. The molecule has 3 rings (SSSR count). The van der Waals surface area contributed by atoms with Crippen molar-refractivity contribution < 1.29 is 9.90 Å². The molecule has 0 bridgehead atoms. The molecule has 0 aliphatic carbocycles. The highest BCUT2D eigenvalue weighted by Gasteiger charge is 2.30. The van der Waals surface area contributed by atoms with Gasteiger partial charge in [0, 0.05) is 31.7 Å². The molecule has 1 amide bonds. The van der Waals surface area contributed by atoms with E-state index in [0.717, 1.165) is 31.4 Å². The van der Waals surface area contributed by atoms with Crippen LogP contribution in [0.15, 0.2) is 36.7 Å². The summed E-state index contributed by atoms with van der Waals surface area (Å²) in [5.41, 5.74) is 1.27. The van der Waals surface area contributed by atoms with Crippen LogP contribution in [0.4, 0.5) is 0 Å². The molecule has 5 nitrogen and oxygen atoms in total. The molecule has 0 aromatic carbocycles. The van der Waals surface area contributed by atoms with Crippen LogP contribution >= 0.6 is 0 Å². The summed E-state index contributed by atoms with van der Waals surface area (Å²) in [7, 11) is 2.00. The van der Waals surface area contributed by atoms with Gasteiger partial charge in [-0.25, -0.2) is 4.98 Å². The first kappa shape index (κ1) is 14.6. The first-order valence-electron chi connectivity index (χ1n) is 7.74. The van der Waals surface area contributed by atoms with E-state index in [-0.39, 0.29) is 23.4 Å². The number of aromatic hydroxyl groups is 1. The number of rotatable bonds is 2. The number of aryl methyl sites for hydroxylation is 1. The molecule has 0 radical (unpaired) electrons. The molecule has 116 valence electrons. The van der Waals surface area contributed by atoms with Crippen molar-refractivity contribution in [1.82, 2.24) is 14.5 Å². The summed E-state index contributed by atoms with van der Waals surface area (Å²) in [6, 6.07) is 7.24. The molecule has 1 aliphatic heterocycles. The first-order chi connectivity index (χ1) is 10.7. The van der Waals surface area contributed by atoms with E-state index in [1.165, 1.54) is 6.07 Å². The van der Waals surface area contributed by atoms with Crippen molar-refractivity contribution in [3.05, 3.63) is 48.0 Å². The smallest absolute Gasteiger partial charge is 0.276 e. The number of hydrogen-bond acceptors (Lipinski definition) is 3. The van der Waals surface area contributed by atoms with Crippen LogP contribution in [0.5, 0.6) is 5.75 Å². The molecule has 0 spiro atoms. The fraction of sp³-hybridized carbons (Fsp3) is 0.412. The molecule has 2 aromatic rings. The molecule has 5 heteroatoms. The lowest BCUT2D eigenvalue weighted by Crippen LogP contribution is -2.36. The third-order valence-corrected chi connectivity index (χ3v) is 4.33. The second kappa shape index (κ2) is 6.22. The topological polar surface area (TPSA) is 58.4 Å². The van der Waals surface area contributed by atoms with Crippen LogP contribution in [0.2, 0.25) is 0 Å². The van der Waals surface area contributed by atoms with Crippen LogP contribution in [-0.2, 0) is 7.05 Å². The molecule has 0 saturated carbocycles. The van der Waals surface area contributed by atoms with E-state index in [0.29, 0.717) is 6.54 Å². The minimum atomic E-state index is -0.189. The number of pyridine rings is 1. The van der Waals surface area contributed by atoms with E-state index < -0.39 is 0 Å². The van der Waals surface area contributed by atoms with E-state index in [1.54, 1.807) is 12.3 Å². The van der Waals surface area contributed by atoms with Gasteiger partial charge >= 0.3 is 0 Å². The largest absolute Gasteiger partial charge is 0.505 e. The fourth-order valence-electron chi connectivity index (χ4n) is 3.18. The molecule has 1 saturated heterocycles. The molecule has 1 aliphatic rings. The molecule has 1 N–H and O–H groups in total. The summed E-state index contributed by atoms with van der Waals surface area (Å²) < 4.78 is 2.06. The highest BCUT2D eigenvalue weighted by atomic mass is 16.3. The summed E-state index contributed by atoms with van der Waals surface area (Å²) in [5, 5.41) is 9.94. The lowest BCUT2D eigenvalue weighted by atomic mass is 10.1. The van der Waals surface area contributed by atoms with Crippen molar-refractivity contribution in [1.29, 1.82) is 0 Å². The van der Waals surface area contributed by atoms with Crippen LogP contribution < -0.4 is 0 Å². The van der Waals surface area contributed by atoms with Crippen LogP contribution in [0.1, 0.15) is 47.9 Å².